The van der Waals surface area contributed by atoms with Gasteiger partial charge in [0.15, 0.2) is 18.2 Å². The van der Waals surface area contributed by atoms with E-state index in [0.29, 0.717) is 11.8 Å². The normalized spacial score (nSPS) is 61.8. The molecule has 4 heterocycles. The van der Waals surface area contributed by atoms with Gasteiger partial charge in [0.2, 0.25) is 5.79 Å². The predicted molar refractivity (Wildman–Crippen MR) is 69.0 cm³/mol. The number of hydrogen-bond acceptors (Lipinski definition) is 5. The molecule has 20 heavy (non-hydrogen) atoms. The smallest absolute Gasteiger partial charge is 0.201 e. The lowest BCUT2D eigenvalue weighted by molar-refractivity contribution is -0.576. The predicted octanol–water partition coefficient (Wildman–Crippen LogP) is 2.19. The number of aliphatic hydroxyl groups excluding tert-OH is 1. The van der Waals surface area contributed by atoms with E-state index >= 15 is 0 Å². The quantitative estimate of drug-likeness (QED) is 0.691. The second-order valence-corrected chi connectivity index (χ2v) is 7.30. The summed E-state index contributed by atoms with van der Waals surface area (Å²) in [6, 6.07) is 0. The molecule has 5 heteroatoms. The zero-order valence-corrected chi connectivity index (χ0v) is 12.4. The first-order valence-electron chi connectivity index (χ1n) is 7.84. The molecule has 3 unspecified atom stereocenters. The van der Waals surface area contributed by atoms with E-state index < -0.39 is 24.0 Å². The van der Waals surface area contributed by atoms with Crippen molar-refractivity contribution in [2.45, 2.75) is 70.4 Å². The van der Waals surface area contributed by atoms with Crippen LogP contribution in [0.25, 0.3) is 0 Å². The SMILES string of the molecule is C[C@H]1C(O)O[C@@H]2O[C@@]3(C)CCC4[C@H](C)CCC1[C@]42OO3. The van der Waals surface area contributed by atoms with Crippen molar-refractivity contribution in [3.63, 3.8) is 0 Å². The highest BCUT2D eigenvalue weighted by Gasteiger charge is 2.69. The molecule has 0 radical (unpaired) electrons. The highest BCUT2D eigenvalue weighted by molar-refractivity contribution is 5.08. The summed E-state index contributed by atoms with van der Waals surface area (Å²) in [5, 5.41) is 10.2. The average molecular weight is 284 g/mol. The minimum absolute atomic E-state index is 0.0379. The van der Waals surface area contributed by atoms with Crippen molar-refractivity contribution in [2.24, 2.45) is 23.7 Å². The topological polar surface area (TPSA) is 57.2 Å². The Hall–Kier alpha value is -0.200. The second kappa shape index (κ2) is 4.17. The van der Waals surface area contributed by atoms with Gasteiger partial charge in [-0.05, 0) is 38.0 Å². The van der Waals surface area contributed by atoms with Gasteiger partial charge in [-0.1, -0.05) is 13.8 Å². The number of ether oxygens (including phenoxy) is 2. The maximum absolute atomic E-state index is 10.2. The van der Waals surface area contributed by atoms with Gasteiger partial charge < -0.3 is 14.6 Å². The molecule has 4 saturated heterocycles. The highest BCUT2D eigenvalue weighted by Crippen LogP contribution is 2.60. The molecule has 1 spiro atoms. The van der Waals surface area contributed by atoms with Gasteiger partial charge in [-0.25, -0.2) is 9.78 Å². The molecule has 1 N–H and O–H groups in total. The van der Waals surface area contributed by atoms with E-state index in [1.165, 1.54) is 6.42 Å². The molecule has 0 aromatic heterocycles. The molecule has 4 aliphatic heterocycles. The number of fused-ring (bicyclic) bond motifs is 2. The third-order valence-electron chi connectivity index (χ3n) is 6.12. The van der Waals surface area contributed by atoms with Crippen molar-refractivity contribution >= 4 is 0 Å². The molecule has 5 fully saturated rings. The van der Waals surface area contributed by atoms with E-state index in [1.54, 1.807) is 0 Å². The van der Waals surface area contributed by atoms with E-state index in [2.05, 4.69) is 6.92 Å². The van der Waals surface area contributed by atoms with E-state index in [0.717, 1.165) is 19.3 Å². The molecule has 5 nitrogen and oxygen atoms in total. The molecule has 2 bridgehead atoms. The summed E-state index contributed by atoms with van der Waals surface area (Å²) < 4.78 is 11.9. The Labute approximate surface area is 119 Å². The Morgan fingerprint density at radius 2 is 1.85 bits per heavy atom. The van der Waals surface area contributed by atoms with Gasteiger partial charge >= 0.3 is 0 Å². The molecule has 0 amide bonds. The lowest BCUT2D eigenvalue weighted by atomic mass is 9.58. The van der Waals surface area contributed by atoms with Crippen LogP contribution < -0.4 is 0 Å². The monoisotopic (exact) mass is 284 g/mol. The first-order chi connectivity index (χ1) is 9.46. The first kappa shape index (κ1) is 13.5. The van der Waals surface area contributed by atoms with Crippen LogP contribution in [0.15, 0.2) is 0 Å². The van der Waals surface area contributed by atoms with Crippen molar-refractivity contribution in [3.05, 3.63) is 0 Å². The van der Waals surface area contributed by atoms with Crippen molar-refractivity contribution < 1.29 is 24.4 Å². The van der Waals surface area contributed by atoms with Crippen molar-refractivity contribution in [1.82, 2.24) is 0 Å². The van der Waals surface area contributed by atoms with E-state index in [9.17, 15) is 5.11 Å². The third kappa shape index (κ3) is 1.56. The minimum Gasteiger partial charge on any atom is -0.368 e. The fraction of sp³-hybridized carbons (Fsp3) is 1.00. The van der Waals surface area contributed by atoms with Crippen molar-refractivity contribution in [1.29, 1.82) is 0 Å². The summed E-state index contributed by atoms with van der Waals surface area (Å²) in [6.45, 7) is 6.22. The van der Waals surface area contributed by atoms with Gasteiger partial charge in [-0.3, -0.25) is 0 Å². The van der Waals surface area contributed by atoms with Gasteiger partial charge in [0.05, 0.1) is 0 Å². The second-order valence-electron chi connectivity index (χ2n) is 7.30. The van der Waals surface area contributed by atoms with E-state index in [4.69, 9.17) is 19.2 Å². The number of hydrogen-bond donors (Lipinski definition) is 1. The Morgan fingerprint density at radius 3 is 2.65 bits per heavy atom. The maximum Gasteiger partial charge on any atom is 0.201 e. The highest BCUT2D eigenvalue weighted by atomic mass is 17.3. The lowest BCUT2D eigenvalue weighted by Crippen LogP contribution is -2.70. The molecule has 1 aliphatic carbocycles. The standard InChI is InChI=1S/C15H24O5/c1-8-4-5-11-9(2)12(16)17-13-15(11)10(8)6-7-14(3,18-13)19-20-15/h8-13,16H,4-7H2,1-3H3/t8-,9-,10?,11?,12?,13-,14-,15-/m1/s1. The van der Waals surface area contributed by atoms with Crippen molar-refractivity contribution in [2.75, 3.05) is 0 Å². The summed E-state index contributed by atoms with van der Waals surface area (Å²) in [5.74, 6) is 0.437. The molecular formula is C15H24O5. The van der Waals surface area contributed by atoms with Crippen LogP contribution in [-0.4, -0.2) is 29.1 Å². The minimum atomic E-state index is -0.781. The van der Waals surface area contributed by atoms with Crippen LogP contribution in [0.4, 0.5) is 0 Å². The fourth-order valence-corrected chi connectivity index (χ4v) is 4.89. The van der Waals surface area contributed by atoms with Gasteiger partial charge in [-0.15, -0.1) is 0 Å². The summed E-state index contributed by atoms with van der Waals surface area (Å²) in [7, 11) is 0. The Kier molecular flexibility index (Phi) is 2.81. The fourth-order valence-electron chi connectivity index (χ4n) is 4.89. The molecule has 5 rings (SSSR count). The summed E-state index contributed by atoms with van der Waals surface area (Å²) >= 11 is 0. The molecular weight excluding hydrogens is 260 g/mol. The number of rotatable bonds is 0. The maximum atomic E-state index is 10.2. The summed E-state index contributed by atoms with van der Waals surface area (Å²) in [4.78, 5) is 11.6. The Balaban J connectivity index is 1.82. The lowest BCUT2D eigenvalue weighted by Gasteiger charge is -2.59. The zero-order valence-electron chi connectivity index (χ0n) is 12.4. The largest absolute Gasteiger partial charge is 0.368 e. The Morgan fingerprint density at radius 1 is 1.05 bits per heavy atom. The van der Waals surface area contributed by atoms with Crippen LogP contribution in [0.1, 0.15) is 46.5 Å². The van der Waals surface area contributed by atoms with Crippen LogP contribution in [-0.2, 0) is 19.2 Å². The molecule has 0 aromatic rings. The third-order valence-corrected chi connectivity index (χ3v) is 6.12. The van der Waals surface area contributed by atoms with Crippen LogP contribution in [0.5, 0.6) is 0 Å². The zero-order chi connectivity index (χ0) is 14.1. The van der Waals surface area contributed by atoms with Crippen LogP contribution in [0.3, 0.4) is 0 Å². The van der Waals surface area contributed by atoms with Crippen molar-refractivity contribution in [3.8, 4) is 0 Å². The number of aliphatic hydroxyl groups is 1. The van der Waals surface area contributed by atoms with Crippen LogP contribution in [0, 0.1) is 23.7 Å². The van der Waals surface area contributed by atoms with Gasteiger partial charge in [0.1, 0.15) is 0 Å². The van der Waals surface area contributed by atoms with Gasteiger partial charge in [0.25, 0.3) is 0 Å². The molecule has 1 saturated carbocycles. The summed E-state index contributed by atoms with van der Waals surface area (Å²) in [5.41, 5.74) is -0.549. The molecule has 5 aliphatic rings. The van der Waals surface area contributed by atoms with Crippen LogP contribution in [0.2, 0.25) is 0 Å². The summed E-state index contributed by atoms with van der Waals surface area (Å²) in [6.07, 6.45) is 2.72. The molecule has 8 atom stereocenters. The van der Waals surface area contributed by atoms with Gasteiger partial charge in [-0.2, -0.15) is 0 Å². The molecule has 0 aromatic carbocycles. The van der Waals surface area contributed by atoms with E-state index in [1.807, 2.05) is 13.8 Å². The van der Waals surface area contributed by atoms with E-state index in [-0.39, 0.29) is 11.8 Å². The Bertz CT molecular complexity index is 411. The first-order valence-corrected chi connectivity index (χ1v) is 7.84. The van der Waals surface area contributed by atoms with Gasteiger partial charge in [0, 0.05) is 18.3 Å². The van der Waals surface area contributed by atoms with Crippen LogP contribution >= 0.6 is 0 Å². The average Bonchev–Trinajstić information content (AvgIpc) is 2.63. The molecule has 114 valence electrons.